The van der Waals surface area contributed by atoms with Crippen LogP contribution < -0.4 is 10.1 Å². The molecule has 0 saturated carbocycles. The fraction of sp³-hybridized carbons (Fsp3) is 0.438. The Kier molecular flexibility index (Phi) is 5.18. The van der Waals surface area contributed by atoms with E-state index in [9.17, 15) is 0 Å². The van der Waals surface area contributed by atoms with Crippen molar-refractivity contribution in [2.45, 2.75) is 33.4 Å². The molecule has 1 N–H and O–H groups in total. The number of benzene rings is 1. The van der Waals surface area contributed by atoms with Crippen molar-refractivity contribution in [2.24, 2.45) is 0 Å². The smallest absolute Gasteiger partial charge is 0.119 e. The predicted molar refractivity (Wildman–Crippen MR) is 81.0 cm³/mol. The van der Waals surface area contributed by atoms with Gasteiger partial charge in [-0.05, 0) is 50.6 Å². The Labute approximate surface area is 120 Å². The van der Waals surface area contributed by atoms with Crippen LogP contribution in [0.15, 0.2) is 30.3 Å². The first-order valence-corrected chi connectivity index (χ1v) is 7.10. The van der Waals surface area contributed by atoms with E-state index in [2.05, 4.69) is 35.5 Å². The number of hydrogen-bond acceptors (Lipinski definition) is 3. The van der Waals surface area contributed by atoms with E-state index in [1.54, 1.807) is 7.11 Å². The van der Waals surface area contributed by atoms with E-state index in [4.69, 9.17) is 4.74 Å². The second-order valence-electron chi connectivity index (χ2n) is 4.87. The van der Waals surface area contributed by atoms with Crippen LogP contribution in [0.3, 0.4) is 0 Å². The van der Waals surface area contributed by atoms with Crippen molar-refractivity contribution in [3.8, 4) is 5.75 Å². The number of nitrogens with zero attached hydrogens (tertiary/aromatic N) is 2. The number of aromatic nitrogens is 2. The lowest BCUT2D eigenvalue weighted by Crippen LogP contribution is -2.19. The standard InChI is InChI=1S/C16H23N3O/c1-4-19-15(10-13(2)18-19)12-17-9-8-14-6-5-7-16(11-14)20-3/h5-7,10-11,17H,4,8-9,12H2,1-3H3. The third kappa shape index (κ3) is 3.84. The van der Waals surface area contributed by atoms with Crippen LogP contribution in [0.2, 0.25) is 0 Å². The SMILES string of the molecule is CCn1nc(C)cc1CNCCc1cccc(OC)c1. The number of rotatable bonds is 7. The molecule has 0 radical (unpaired) electrons. The van der Waals surface area contributed by atoms with Gasteiger partial charge in [0.25, 0.3) is 0 Å². The van der Waals surface area contributed by atoms with Crippen LogP contribution in [-0.2, 0) is 19.5 Å². The van der Waals surface area contributed by atoms with Crippen LogP contribution in [0, 0.1) is 6.92 Å². The Bertz CT molecular complexity index is 548. The normalized spacial score (nSPS) is 10.8. The maximum absolute atomic E-state index is 5.23. The van der Waals surface area contributed by atoms with Crippen LogP contribution in [0.5, 0.6) is 5.75 Å². The van der Waals surface area contributed by atoms with E-state index < -0.39 is 0 Å². The third-order valence-corrected chi connectivity index (χ3v) is 3.32. The Balaban J connectivity index is 1.81. The summed E-state index contributed by atoms with van der Waals surface area (Å²) in [6, 6.07) is 10.4. The Morgan fingerprint density at radius 1 is 1.30 bits per heavy atom. The first-order chi connectivity index (χ1) is 9.72. The van der Waals surface area contributed by atoms with Crippen LogP contribution in [0.1, 0.15) is 23.9 Å². The maximum Gasteiger partial charge on any atom is 0.119 e. The Morgan fingerprint density at radius 3 is 2.90 bits per heavy atom. The molecule has 1 heterocycles. The first-order valence-electron chi connectivity index (χ1n) is 7.10. The molecule has 0 spiro atoms. The zero-order valence-corrected chi connectivity index (χ0v) is 12.5. The Hall–Kier alpha value is -1.81. The molecule has 0 aliphatic heterocycles. The molecule has 2 rings (SSSR count). The predicted octanol–water partition coefficient (Wildman–Crippen LogP) is 2.55. The van der Waals surface area contributed by atoms with Gasteiger partial charge in [-0.15, -0.1) is 0 Å². The number of methoxy groups -OCH3 is 1. The number of hydrogen-bond donors (Lipinski definition) is 1. The molecule has 0 aliphatic rings. The van der Waals surface area contributed by atoms with Crippen molar-refractivity contribution >= 4 is 0 Å². The summed E-state index contributed by atoms with van der Waals surface area (Å²) in [5.41, 5.74) is 3.61. The molecule has 2 aromatic rings. The lowest BCUT2D eigenvalue weighted by molar-refractivity contribution is 0.414. The van der Waals surface area contributed by atoms with Gasteiger partial charge in [0.1, 0.15) is 5.75 Å². The van der Waals surface area contributed by atoms with Gasteiger partial charge in [0.15, 0.2) is 0 Å². The van der Waals surface area contributed by atoms with E-state index >= 15 is 0 Å². The van der Waals surface area contributed by atoms with Gasteiger partial charge < -0.3 is 10.1 Å². The topological polar surface area (TPSA) is 39.1 Å². The highest BCUT2D eigenvalue weighted by atomic mass is 16.5. The molecule has 0 fully saturated rings. The summed E-state index contributed by atoms with van der Waals surface area (Å²) in [6.07, 6.45) is 0.996. The van der Waals surface area contributed by atoms with Crippen molar-refractivity contribution in [3.05, 3.63) is 47.3 Å². The fourth-order valence-corrected chi connectivity index (χ4v) is 2.29. The molecule has 20 heavy (non-hydrogen) atoms. The summed E-state index contributed by atoms with van der Waals surface area (Å²) < 4.78 is 7.28. The van der Waals surface area contributed by atoms with Crippen molar-refractivity contribution in [2.75, 3.05) is 13.7 Å². The summed E-state index contributed by atoms with van der Waals surface area (Å²) in [6.45, 7) is 6.87. The lowest BCUT2D eigenvalue weighted by Gasteiger charge is -2.07. The fourth-order valence-electron chi connectivity index (χ4n) is 2.29. The van der Waals surface area contributed by atoms with Gasteiger partial charge in [-0.2, -0.15) is 5.10 Å². The largest absolute Gasteiger partial charge is 0.497 e. The van der Waals surface area contributed by atoms with Gasteiger partial charge in [-0.1, -0.05) is 12.1 Å². The van der Waals surface area contributed by atoms with Gasteiger partial charge >= 0.3 is 0 Å². The molecule has 108 valence electrons. The monoisotopic (exact) mass is 273 g/mol. The van der Waals surface area contributed by atoms with Crippen molar-refractivity contribution < 1.29 is 4.74 Å². The molecule has 4 heteroatoms. The van der Waals surface area contributed by atoms with Crippen LogP contribution in [-0.4, -0.2) is 23.4 Å². The molecular weight excluding hydrogens is 250 g/mol. The van der Waals surface area contributed by atoms with E-state index in [1.165, 1.54) is 11.3 Å². The van der Waals surface area contributed by atoms with Gasteiger partial charge in [0, 0.05) is 13.1 Å². The van der Waals surface area contributed by atoms with E-state index in [0.717, 1.165) is 37.5 Å². The van der Waals surface area contributed by atoms with Gasteiger partial charge in [-0.25, -0.2) is 0 Å². The van der Waals surface area contributed by atoms with E-state index in [-0.39, 0.29) is 0 Å². The second-order valence-corrected chi connectivity index (χ2v) is 4.87. The number of ether oxygens (including phenoxy) is 1. The van der Waals surface area contributed by atoms with Crippen molar-refractivity contribution in [1.29, 1.82) is 0 Å². The summed E-state index contributed by atoms with van der Waals surface area (Å²) >= 11 is 0. The van der Waals surface area contributed by atoms with Crippen molar-refractivity contribution in [1.82, 2.24) is 15.1 Å². The Morgan fingerprint density at radius 2 is 2.15 bits per heavy atom. The number of nitrogens with one attached hydrogen (secondary N) is 1. The highest BCUT2D eigenvalue weighted by Crippen LogP contribution is 2.12. The summed E-state index contributed by atoms with van der Waals surface area (Å²) in [5.74, 6) is 0.919. The van der Waals surface area contributed by atoms with Gasteiger partial charge in [-0.3, -0.25) is 4.68 Å². The molecule has 4 nitrogen and oxygen atoms in total. The minimum atomic E-state index is 0.860. The molecule has 0 atom stereocenters. The summed E-state index contributed by atoms with van der Waals surface area (Å²) in [5, 5.41) is 7.92. The molecule has 0 unspecified atom stereocenters. The zero-order chi connectivity index (χ0) is 14.4. The minimum absolute atomic E-state index is 0.860. The highest BCUT2D eigenvalue weighted by molar-refractivity contribution is 5.28. The average molecular weight is 273 g/mol. The average Bonchev–Trinajstić information content (AvgIpc) is 2.84. The highest BCUT2D eigenvalue weighted by Gasteiger charge is 2.03. The van der Waals surface area contributed by atoms with E-state index in [0.29, 0.717) is 0 Å². The number of aryl methyl sites for hydroxylation is 2. The molecule has 0 amide bonds. The third-order valence-electron chi connectivity index (χ3n) is 3.32. The second kappa shape index (κ2) is 7.10. The molecule has 0 saturated heterocycles. The maximum atomic E-state index is 5.23. The van der Waals surface area contributed by atoms with E-state index in [1.807, 2.05) is 23.7 Å². The minimum Gasteiger partial charge on any atom is -0.497 e. The van der Waals surface area contributed by atoms with Crippen LogP contribution in [0.25, 0.3) is 0 Å². The van der Waals surface area contributed by atoms with Gasteiger partial charge in [0.05, 0.1) is 18.5 Å². The first kappa shape index (κ1) is 14.6. The lowest BCUT2D eigenvalue weighted by atomic mass is 10.1. The van der Waals surface area contributed by atoms with Crippen LogP contribution >= 0.6 is 0 Å². The zero-order valence-electron chi connectivity index (χ0n) is 12.5. The molecular formula is C16H23N3O. The molecule has 0 bridgehead atoms. The van der Waals surface area contributed by atoms with Crippen LogP contribution in [0.4, 0.5) is 0 Å². The molecule has 0 aliphatic carbocycles. The van der Waals surface area contributed by atoms with Crippen molar-refractivity contribution in [3.63, 3.8) is 0 Å². The van der Waals surface area contributed by atoms with Gasteiger partial charge in [0.2, 0.25) is 0 Å². The summed E-state index contributed by atoms with van der Waals surface area (Å²) in [4.78, 5) is 0. The summed E-state index contributed by atoms with van der Waals surface area (Å²) in [7, 11) is 1.70. The quantitative estimate of drug-likeness (QED) is 0.788. The molecule has 1 aromatic carbocycles. The molecule has 1 aromatic heterocycles.